The molecule has 1 aliphatic heterocycles. The van der Waals surface area contributed by atoms with E-state index in [9.17, 15) is 4.79 Å². The Balaban J connectivity index is 2.03. The molecular weight excluding hydrogens is 204 g/mol. The van der Waals surface area contributed by atoms with E-state index in [1.54, 1.807) is 0 Å². The zero-order valence-electron chi connectivity index (χ0n) is 10.5. The molecule has 0 aromatic carbocycles. The Morgan fingerprint density at radius 3 is 2.38 bits per heavy atom. The van der Waals surface area contributed by atoms with Gasteiger partial charge in [-0.2, -0.15) is 0 Å². The van der Waals surface area contributed by atoms with E-state index in [2.05, 4.69) is 13.8 Å². The molecule has 0 N–H and O–H groups in total. The average molecular weight is 226 g/mol. The maximum atomic E-state index is 11.1. The molecule has 1 heterocycles. The van der Waals surface area contributed by atoms with E-state index < -0.39 is 5.79 Å². The topological polar surface area (TPSA) is 35.5 Å². The number of ether oxygens (including phenoxy) is 2. The fraction of sp³-hybridized carbons (Fsp3) is 0.923. The van der Waals surface area contributed by atoms with E-state index in [0.717, 1.165) is 12.8 Å². The van der Waals surface area contributed by atoms with Crippen molar-refractivity contribution in [3.8, 4) is 0 Å². The van der Waals surface area contributed by atoms with Crippen LogP contribution in [0, 0.1) is 11.3 Å². The minimum atomic E-state index is -0.536. The maximum absolute atomic E-state index is 11.1. The quantitative estimate of drug-likeness (QED) is 0.689. The smallest absolute Gasteiger partial charge is 0.184 e. The molecule has 0 aromatic heterocycles. The predicted molar refractivity (Wildman–Crippen MR) is 61.1 cm³/mol. The molecule has 92 valence electrons. The molecule has 16 heavy (non-hydrogen) atoms. The summed E-state index contributed by atoms with van der Waals surface area (Å²) in [5, 5.41) is 0. The molecule has 3 nitrogen and oxygen atoms in total. The first kappa shape index (κ1) is 12.1. The SMILES string of the molecule is CC1(C)CCCC(C2(C)OCC(=O)CO2)C1. The number of hydrogen-bond donors (Lipinski definition) is 0. The second-order valence-electron chi connectivity index (χ2n) is 6.09. The highest BCUT2D eigenvalue weighted by atomic mass is 16.7. The Bertz CT molecular complexity index is 273. The third kappa shape index (κ3) is 2.46. The van der Waals surface area contributed by atoms with Crippen molar-refractivity contribution in [2.24, 2.45) is 11.3 Å². The van der Waals surface area contributed by atoms with Gasteiger partial charge in [-0.3, -0.25) is 4.79 Å². The number of Topliss-reactive ketones (excluding diaryl/α,β-unsaturated/α-hetero) is 1. The van der Waals surface area contributed by atoms with Crippen LogP contribution in [0.2, 0.25) is 0 Å². The molecular formula is C13H22O3. The highest BCUT2D eigenvalue weighted by Crippen LogP contribution is 2.44. The minimum absolute atomic E-state index is 0.0487. The zero-order chi connectivity index (χ0) is 11.8. The van der Waals surface area contributed by atoms with Crippen LogP contribution in [0.1, 0.15) is 46.5 Å². The first-order valence-electron chi connectivity index (χ1n) is 6.21. The molecule has 0 aromatic rings. The molecule has 0 bridgehead atoms. The van der Waals surface area contributed by atoms with E-state index in [4.69, 9.17) is 9.47 Å². The normalized spacial score (nSPS) is 33.7. The molecule has 1 atom stereocenters. The Kier molecular flexibility index (Phi) is 3.10. The Morgan fingerprint density at radius 1 is 1.19 bits per heavy atom. The first-order valence-corrected chi connectivity index (χ1v) is 6.21. The Hall–Kier alpha value is -0.410. The van der Waals surface area contributed by atoms with Crippen molar-refractivity contribution in [3.05, 3.63) is 0 Å². The first-order chi connectivity index (χ1) is 7.41. The summed E-state index contributed by atoms with van der Waals surface area (Å²) >= 11 is 0. The van der Waals surface area contributed by atoms with E-state index in [-0.39, 0.29) is 19.0 Å². The van der Waals surface area contributed by atoms with Crippen LogP contribution >= 0.6 is 0 Å². The largest absolute Gasteiger partial charge is 0.342 e. The van der Waals surface area contributed by atoms with Crippen molar-refractivity contribution in [2.75, 3.05) is 13.2 Å². The van der Waals surface area contributed by atoms with E-state index in [0.29, 0.717) is 11.3 Å². The van der Waals surface area contributed by atoms with Gasteiger partial charge in [0.25, 0.3) is 0 Å². The van der Waals surface area contributed by atoms with Crippen molar-refractivity contribution in [2.45, 2.75) is 52.2 Å². The molecule has 0 spiro atoms. The summed E-state index contributed by atoms with van der Waals surface area (Å²) in [7, 11) is 0. The van der Waals surface area contributed by atoms with Gasteiger partial charge in [0.15, 0.2) is 11.6 Å². The van der Waals surface area contributed by atoms with Gasteiger partial charge in [0, 0.05) is 5.92 Å². The Labute approximate surface area is 97.5 Å². The molecule has 1 unspecified atom stereocenters. The van der Waals surface area contributed by atoms with Crippen molar-refractivity contribution in [1.29, 1.82) is 0 Å². The lowest BCUT2D eigenvalue weighted by Crippen LogP contribution is -2.49. The van der Waals surface area contributed by atoms with Crippen molar-refractivity contribution in [3.63, 3.8) is 0 Å². The summed E-state index contributed by atoms with van der Waals surface area (Å²) in [5.74, 6) is -0.0668. The molecule has 0 radical (unpaired) electrons. The van der Waals surface area contributed by atoms with Crippen LogP contribution in [0.15, 0.2) is 0 Å². The van der Waals surface area contributed by atoms with Gasteiger partial charge in [-0.15, -0.1) is 0 Å². The zero-order valence-corrected chi connectivity index (χ0v) is 10.5. The second-order valence-corrected chi connectivity index (χ2v) is 6.09. The van der Waals surface area contributed by atoms with E-state index in [1.165, 1.54) is 12.8 Å². The molecule has 2 aliphatic rings. The summed E-state index contributed by atoms with van der Waals surface area (Å²) < 4.78 is 11.3. The van der Waals surface area contributed by atoms with Crippen LogP contribution in [0.5, 0.6) is 0 Å². The number of rotatable bonds is 1. The van der Waals surface area contributed by atoms with Crippen LogP contribution in [0.3, 0.4) is 0 Å². The molecule has 2 rings (SSSR count). The lowest BCUT2D eigenvalue weighted by Gasteiger charge is -2.45. The van der Waals surface area contributed by atoms with Gasteiger partial charge in [-0.1, -0.05) is 20.3 Å². The monoisotopic (exact) mass is 226 g/mol. The number of ketones is 1. The number of hydrogen-bond acceptors (Lipinski definition) is 3. The van der Waals surface area contributed by atoms with E-state index >= 15 is 0 Å². The summed E-state index contributed by atoms with van der Waals surface area (Å²) in [6.07, 6.45) is 4.78. The Morgan fingerprint density at radius 2 is 1.81 bits per heavy atom. The van der Waals surface area contributed by atoms with Crippen molar-refractivity contribution < 1.29 is 14.3 Å². The minimum Gasteiger partial charge on any atom is -0.342 e. The maximum Gasteiger partial charge on any atom is 0.184 e. The molecule has 3 heteroatoms. The van der Waals surface area contributed by atoms with Crippen LogP contribution in [-0.2, 0) is 14.3 Å². The van der Waals surface area contributed by atoms with Gasteiger partial charge in [0.1, 0.15) is 13.2 Å². The predicted octanol–water partition coefficient (Wildman–Crippen LogP) is 2.53. The van der Waals surface area contributed by atoms with E-state index in [1.807, 2.05) is 6.92 Å². The molecule has 1 saturated heterocycles. The van der Waals surface area contributed by atoms with Crippen LogP contribution in [0.25, 0.3) is 0 Å². The van der Waals surface area contributed by atoms with Gasteiger partial charge in [-0.05, 0) is 31.6 Å². The highest BCUT2D eigenvalue weighted by Gasteiger charge is 2.44. The third-order valence-corrected chi connectivity index (χ3v) is 3.99. The fourth-order valence-electron chi connectivity index (χ4n) is 2.91. The third-order valence-electron chi connectivity index (χ3n) is 3.99. The van der Waals surface area contributed by atoms with Crippen LogP contribution < -0.4 is 0 Å². The molecule has 0 amide bonds. The standard InChI is InChI=1S/C13H22O3/c1-12(2)6-4-5-10(7-12)13(3)15-8-11(14)9-16-13/h10H,4-9H2,1-3H3. The lowest BCUT2D eigenvalue weighted by atomic mass is 9.69. The van der Waals surface area contributed by atoms with Crippen LogP contribution in [-0.4, -0.2) is 24.8 Å². The fourth-order valence-corrected chi connectivity index (χ4v) is 2.91. The molecule has 2 fully saturated rings. The summed E-state index contributed by atoms with van der Waals surface area (Å²) in [4.78, 5) is 11.1. The highest BCUT2D eigenvalue weighted by molar-refractivity contribution is 5.81. The number of carbonyl (C=O) groups is 1. The summed E-state index contributed by atoms with van der Waals surface area (Å²) in [6.45, 7) is 7.03. The molecule has 1 aliphatic carbocycles. The van der Waals surface area contributed by atoms with Gasteiger partial charge in [0.05, 0.1) is 0 Å². The van der Waals surface area contributed by atoms with Gasteiger partial charge < -0.3 is 9.47 Å². The second kappa shape index (κ2) is 4.11. The average Bonchev–Trinajstić information content (AvgIpc) is 2.21. The number of carbonyl (C=O) groups excluding carboxylic acids is 1. The molecule has 1 saturated carbocycles. The summed E-state index contributed by atoms with van der Waals surface area (Å²) in [6, 6.07) is 0. The van der Waals surface area contributed by atoms with Crippen LogP contribution in [0.4, 0.5) is 0 Å². The van der Waals surface area contributed by atoms with Crippen molar-refractivity contribution >= 4 is 5.78 Å². The van der Waals surface area contributed by atoms with Gasteiger partial charge in [0.2, 0.25) is 0 Å². The lowest BCUT2D eigenvalue weighted by molar-refractivity contribution is -0.278. The van der Waals surface area contributed by atoms with Crippen molar-refractivity contribution in [1.82, 2.24) is 0 Å². The van der Waals surface area contributed by atoms with Gasteiger partial charge in [-0.25, -0.2) is 0 Å². The van der Waals surface area contributed by atoms with Gasteiger partial charge >= 0.3 is 0 Å². The summed E-state index contributed by atoms with van der Waals surface area (Å²) in [5.41, 5.74) is 0.375.